The van der Waals surface area contributed by atoms with Crippen LogP contribution in [0.3, 0.4) is 0 Å². The molecule has 1 amide bonds. The van der Waals surface area contributed by atoms with E-state index in [9.17, 15) is 18.4 Å². The van der Waals surface area contributed by atoms with Crippen molar-refractivity contribution in [1.29, 1.82) is 0 Å². The van der Waals surface area contributed by atoms with E-state index in [1.54, 1.807) is 0 Å². The molecule has 128 valence electrons. The summed E-state index contributed by atoms with van der Waals surface area (Å²) in [6.07, 6.45) is -2.22. The molecule has 0 saturated carbocycles. The maximum absolute atomic E-state index is 12.9. The van der Waals surface area contributed by atoms with Gasteiger partial charge in [0.25, 0.3) is 6.08 Å². The van der Waals surface area contributed by atoms with E-state index in [-0.39, 0.29) is 6.54 Å². The molecule has 0 saturated heterocycles. The normalized spacial score (nSPS) is 10.5. The lowest BCUT2D eigenvalue weighted by atomic mass is 10.2. The summed E-state index contributed by atoms with van der Waals surface area (Å²) in [6.45, 7) is -0.835. The fourth-order valence-corrected chi connectivity index (χ4v) is 2.41. The van der Waals surface area contributed by atoms with E-state index >= 15 is 0 Å². The van der Waals surface area contributed by atoms with Gasteiger partial charge in [0, 0.05) is 16.6 Å². The van der Waals surface area contributed by atoms with Crippen molar-refractivity contribution in [2.75, 3.05) is 6.54 Å². The number of nitrogens with zero attached hydrogens (tertiary/aromatic N) is 3. The van der Waals surface area contributed by atoms with Crippen LogP contribution in [0.5, 0.6) is 0 Å². The van der Waals surface area contributed by atoms with Gasteiger partial charge in [-0.3, -0.25) is 4.57 Å². The average Bonchev–Trinajstić information content (AvgIpc) is 2.84. The topological polar surface area (TPSA) is 89.2 Å². The number of halogens is 3. The van der Waals surface area contributed by atoms with Crippen LogP contribution in [0, 0.1) is 0 Å². The minimum absolute atomic E-state index is 0.239. The standard InChI is InChI=1S/C14H13BrF2N4O3/c15-11-3-1-2-9(4-11)6-20-8-19-21(14(20)24)7-10(12(16)17)5-18-13(22)23/h1-4,8,18H,5-7H2,(H,22,23). The summed E-state index contributed by atoms with van der Waals surface area (Å²) in [7, 11) is 0. The monoisotopic (exact) mass is 402 g/mol. The average molecular weight is 403 g/mol. The van der Waals surface area contributed by atoms with Crippen molar-refractivity contribution >= 4 is 22.0 Å². The molecular weight excluding hydrogens is 390 g/mol. The van der Waals surface area contributed by atoms with E-state index in [1.807, 2.05) is 29.6 Å². The molecule has 1 heterocycles. The quantitative estimate of drug-likeness (QED) is 0.775. The van der Waals surface area contributed by atoms with Gasteiger partial charge in [-0.25, -0.2) is 14.3 Å². The van der Waals surface area contributed by atoms with E-state index in [0.717, 1.165) is 14.7 Å². The minimum atomic E-state index is -2.04. The Labute approximate surface area is 143 Å². The van der Waals surface area contributed by atoms with Crippen LogP contribution in [0.2, 0.25) is 0 Å². The summed E-state index contributed by atoms with van der Waals surface area (Å²) >= 11 is 3.32. The predicted octanol–water partition coefficient (Wildman–Crippen LogP) is 2.27. The van der Waals surface area contributed by atoms with Crippen molar-refractivity contribution in [3.05, 3.63) is 62.8 Å². The summed E-state index contributed by atoms with van der Waals surface area (Å²) in [5, 5.41) is 14.1. The van der Waals surface area contributed by atoms with Crippen LogP contribution in [-0.2, 0) is 13.1 Å². The zero-order valence-electron chi connectivity index (χ0n) is 12.2. The maximum Gasteiger partial charge on any atom is 0.404 e. The second kappa shape index (κ2) is 7.86. The molecule has 0 radical (unpaired) electrons. The van der Waals surface area contributed by atoms with Gasteiger partial charge < -0.3 is 10.4 Å². The van der Waals surface area contributed by atoms with Gasteiger partial charge in [0.2, 0.25) is 0 Å². The zero-order valence-corrected chi connectivity index (χ0v) is 13.8. The Morgan fingerprint density at radius 1 is 1.38 bits per heavy atom. The van der Waals surface area contributed by atoms with Gasteiger partial charge in [-0.1, -0.05) is 28.1 Å². The molecule has 0 unspecified atom stereocenters. The van der Waals surface area contributed by atoms with E-state index in [1.165, 1.54) is 10.9 Å². The molecule has 0 aliphatic carbocycles. The van der Waals surface area contributed by atoms with Crippen LogP contribution in [-0.4, -0.2) is 32.1 Å². The molecule has 0 aliphatic heterocycles. The van der Waals surface area contributed by atoms with Gasteiger partial charge in [-0.15, -0.1) is 0 Å². The van der Waals surface area contributed by atoms with Gasteiger partial charge in [0.1, 0.15) is 6.33 Å². The van der Waals surface area contributed by atoms with Gasteiger partial charge >= 0.3 is 11.8 Å². The van der Waals surface area contributed by atoms with Gasteiger partial charge in [0.05, 0.1) is 13.1 Å². The molecule has 2 aromatic rings. The molecule has 1 aromatic heterocycles. The van der Waals surface area contributed by atoms with E-state index in [4.69, 9.17) is 5.11 Å². The fraction of sp³-hybridized carbons (Fsp3) is 0.214. The third-order valence-corrected chi connectivity index (χ3v) is 3.59. The zero-order chi connectivity index (χ0) is 17.7. The molecule has 7 nitrogen and oxygen atoms in total. The van der Waals surface area contributed by atoms with Crippen molar-refractivity contribution in [3.8, 4) is 0 Å². The molecule has 0 fully saturated rings. The Balaban J connectivity index is 2.15. The Morgan fingerprint density at radius 3 is 2.75 bits per heavy atom. The molecule has 24 heavy (non-hydrogen) atoms. The Bertz CT molecular complexity index is 827. The van der Waals surface area contributed by atoms with Crippen molar-refractivity contribution in [2.24, 2.45) is 0 Å². The van der Waals surface area contributed by atoms with Crippen LogP contribution in [0.25, 0.3) is 0 Å². The van der Waals surface area contributed by atoms with Crippen LogP contribution in [0.1, 0.15) is 5.56 Å². The SMILES string of the molecule is O=C(O)NCC(Cn1ncn(Cc2cccc(Br)c2)c1=O)=C(F)F. The number of benzene rings is 1. The second-order valence-electron chi connectivity index (χ2n) is 4.85. The Morgan fingerprint density at radius 2 is 2.12 bits per heavy atom. The Kier molecular flexibility index (Phi) is 5.85. The first-order valence-electron chi connectivity index (χ1n) is 6.73. The molecule has 1 aromatic carbocycles. The molecule has 2 N–H and O–H groups in total. The number of nitrogens with one attached hydrogen (secondary N) is 1. The van der Waals surface area contributed by atoms with Gasteiger partial charge in [-0.05, 0) is 17.7 Å². The first-order chi connectivity index (χ1) is 11.4. The number of hydrogen-bond donors (Lipinski definition) is 2. The lowest BCUT2D eigenvalue weighted by Gasteiger charge is -2.06. The van der Waals surface area contributed by atoms with E-state index < -0.39 is 36.5 Å². The fourth-order valence-electron chi connectivity index (χ4n) is 1.97. The van der Waals surface area contributed by atoms with Crippen molar-refractivity contribution < 1.29 is 18.7 Å². The van der Waals surface area contributed by atoms with Crippen molar-refractivity contribution in [3.63, 3.8) is 0 Å². The molecule has 0 aliphatic rings. The number of carbonyl (C=O) groups is 1. The number of rotatable bonds is 6. The van der Waals surface area contributed by atoms with Crippen LogP contribution < -0.4 is 11.0 Å². The summed E-state index contributed by atoms with van der Waals surface area (Å²) in [6, 6.07) is 7.29. The third kappa shape index (κ3) is 4.75. The van der Waals surface area contributed by atoms with Crippen molar-refractivity contribution in [2.45, 2.75) is 13.1 Å². The number of carboxylic acid groups (broad SMARTS) is 1. The third-order valence-electron chi connectivity index (χ3n) is 3.10. The molecule has 10 heteroatoms. The lowest BCUT2D eigenvalue weighted by molar-refractivity contribution is 0.195. The highest BCUT2D eigenvalue weighted by atomic mass is 79.9. The largest absolute Gasteiger partial charge is 0.465 e. The summed E-state index contributed by atoms with van der Waals surface area (Å²) in [5.41, 5.74) is -0.248. The summed E-state index contributed by atoms with van der Waals surface area (Å²) in [5.74, 6) is 0. The number of hydrogen-bond acceptors (Lipinski definition) is 3. The minimum Gasteiger partial charge on any atom is -0.465 e. The first-order valence-corrected chi connectivity index (χ1v) is 7.52. The number of amides is 1. The second-order valence-corrected chi connectivity index (χ2v) is 5.77. The van der Waals surface area contributed by atoms with Crippen LogP contribution >= 0.6 is 15.9 Å². The highest BCUT2D eigenvalue weighted by molar-refractivity contribution is 9.10. The lowest BCUT2D eigenvalue weighted by Crippen LogP contribution is -2.29. The van der Waals surface area contributed by atoms with Gasteiger partial charge in [0.15, 0.2) is 0 Å². The number of aromatic nitrogens is 3. The predicted molar refractivity (Wildman–Crippen MR) is 85.0 cm³/mol. The summed E-state index contributed by atoms with van der Waals surface area (Å²) in [4.78, 5) is 22.6. The molecule has 2 rings (SSSR count). The first kappa shape index (κ1) is 17.9. The molecular formula is C14H13BrF2N4O3. The smallest absolute Gasteiger partial charge is 0.404 e. The van der Waals surface area contributed by atoms with Gasteiger partial charge in [-0.2, -0.15) is 13.9 Å². The summed E-state index contributed by atoms with van der Waals surface area (Å²) < 4.78 is 28.7. The molecule has 0 atom stereocenters. The maximum atomic E-state index is 12.9. The Hall–Kier alpha value is -2.49. The van der Waals surface area contributed by atoms with Crippen LogP contribution in [0.4, 0.5) is 13.6 Å². The highest BCUT2D eigenvalue weighted by Crippen LogP contribution is 2.12. The molecule has 0 spiro atoms. The van der Waals surface area contributed by atoms with E-state index in [2.05, 4.69) is 21.0 Å². The van der Waals surface area contributed by atoms with Crippen molar-refractivity contribution in [1.82, 2.24) is 19.7 Å². The van der Waals surface area contributed by atoms with E-state index in [0.29, 0.717) is 0 Å². The van der Waals surface area contributed by atoms with Crippen LogP contribution in [0.15, 0.2) is 51.5 Å². The highest BCUT2D eigenvalue weighted by Gasteiger charge is 2.13. The molecule has 0 bridgehead atoms.